The molecule has 0 aliphatic carbocycles. The molecule has 0 atom stereocenters. The summed E-state index contributed by atoms with van der Waals surface area (Å²) in [6.07, 6.45) is 0. The van der Waals surface area contributed by atoms with E-state index in [1.165, 1.54) is 0 Å². The molecule has 0 aromatic carbocycles. The first-order valence-corrected chi connectivity index (χ1v) is 6.21. The van der Waals surface area contributed by atoms with Gasteiger partial charge in [0.25, 0.3) is 10.2 Å². The second-order valence-electron chi connectivity index (χ2n) is 2.45. The van der Waals surface area contributed by atoms with Gasteiger partial charge in [-0.05, 0) is 28.1 Å². The third kappa shape index (κ3) is 3.60. The Balaban J connectivity index is 2.79. The summed E-state index contributed by atoms with van der Waals surface area (Å²) >= 11 is 3.14. The lowest BCUT2D eigenvalue weighted by Crippen LogP contribution is -2.30. The van der Waals surface area contributed by atoms with E-state index in [2.05, 4.69) is 30.4 Å². The van der Waals surface area contributed by atoms with Gasteiger partial charge in [0.2, 0.25) is 0 Å². The van der Waals surface area contributed by atoms with E-state index in [1.807, 2.05) is 0 Å². The van der Waals surface area contributed by atoms with Gasteiger partial charge < -0.3 is 0 Å². The molecule has 78 valence electrons. The fourth-order valence-electron chi connectivity index (χ4n) is 0.829. The van der Waals surface area contributed by atoms with E-state index in [0.717, 1.165) is 0 Å². The summed E-state index contributed by atoms with van der Waals surface area (Å²) in [7, 11) is -3.48. The molecule has 0 bridgehead atoms. The normalized spacial score (nSPS) is 11.3. The van der Waals surface area contributed by atoms with E-state index in [-0.39, 0.29) is 5.82 Å². The lowest BCUT2D eigenvalue weighted by Gasteiger charge is -2.06. The highest BCUT2D eigenvalue weighted by Gasteiger charge is 2.07. The standard InChI is InChI=1S/C7H10BrN3O2S/c1-2-9-14(12,13)11-7-5-3-4-6(8)10-7/h3-5,9H,2H2,1H3,(H,10,11). The summed E-state index contributed by atoms with van der Waals surface area (Å²) < 4.78 is 27.6. The molecule has 0 fully saturated rings. The maximum Gasteiger partial charge on any atom is 0.300 e. The Bertz CT molecular complexity index is 407. The first-order valence-electron chi connectivity index (χ1n) is 3.93. The molecule has 1 aromatic heterocycles. The van der Waals surface area contributed by atoms with E-state index >= 15 is 0 Å². The van der Waals surface area contributed by atoms with Gasteiger partial charge in [0.1, 0.15) is 10.4 Å². The van der Waals surface area contributed by atoms with Gasteiger partial charge in [0, 0.05) is 6.54 Å². The third-order valence-electron chi connectivity index (χ3n) is 1.29. The minimum absolute atomic E-state index is 0.278. The van der Waals surface area contributed by atoms with Gasteiger partial charge in [-0.3, -0.25) is 4.72 Å². The van der Waals surface area contributed by atoms with Crippen molar-refractivity contribution >= 4 is 32.0 Å². The summed E-state index contributed by atoms with van der Waals surface area (Å²) in [5.74, 6) is 0.278. The van der Waals surface area contributed by atoms with Crippen LogP contribution >= 0.6 is 15.9 Å². The van der Waals surface area contributed by atoms with Crippen LogP contribution in [0.3, 0.4) is 0 Å². The Morgan fingerprint density at radius 2 is 2.21 bits per heavy atom. The van der Waals surface area contributed by atoms with Crippen LogP contribution in [0.1, 0.15) is 6.92 Å². The largest absolute Gasteiger partial charge is 0.300 e. The van der Waals surface area contributed by atoms with Gasteiger partial charge in [0.15, 0.2) is 0 Å². The van der Waals surface area contributed by atoms with Crippen LogP contribution in [-0.4, -0.2) is 19.9 Å². The van der Waals surface area contributed by atoms with Gasteiger partial charge in [-0.15, -0.1) is 0 Å². The van der Waals surface area contributed by atoms with Crippen LogP contribution in [0.25, 0.3) is 0 Å². The van der Waals surface area contributed by atoms with Gasteiger partial charge in [0.05, 0.1) is 0 Å². The van der Waals surface area contributed by atoms with Crippen LogP contribution in [0, 0.1) is 0 Å². The number of pyridine rings is 1. The molecular weight excluding hydrogens is 270 g/mol. The summed E-state index contributed by atoms with van der Waals surface area (Å²) in [5, 5.41) is 0. The summed E-state index contributed by atoms with van der Waals surface area (Å²) in [4.78, 5) is 3.93. The second-order valence-corrected chi connectivity index (χ2v) is 4.76. The van der Waals surface area contributed by atoms with Crippen molar-refractivity contribution < 1.29 is 8.42 Å². The van der Waals surface area contributed by atoms with Crippen molar-refractivity contribution in [3.63, 3.8) is 0 Å². The van der Waals surface area contributed by atoms with Gasteiger partial charge in [-0.25, -0.2) is 4.98 Å². The van der Waals surface area contributed by atoms with Crippen LogP contribution in [0.2, 0.25) is 0 Å². The summed E-state index contributed by atoms with van der Waals surface area (Å²) in [6.45, 7) is 2.04. The number of hydrogen-bond acceptors (Lipinski definition) is 3. The van der Waals surface area contributed by atoms with Gasteiger partial charge in [-0.2, -0.15) is 13.1 Å². The Morgan fingerprint density at radius 3 is 2.79 bits per heavy atom. The minimum Gasteiger partial charge on any atom is -0.255 e. The fraction of sp³-hybridized carbons (Fsp3) is 0.286. The number of anilines is 1. The zero-order chi connectivity index (χ0) is 10.6. The second kappa shape index (κ2) is 4.72. The SMILES string of the molecule is CCNS(=O)(=O)Nc1cccc(Br)n1. The van der Waals surface area contributed by atoms with E-state index in [1.54, 1.807) is 25.1 Å². The predicted octanol–water partition coefficient (Wildman–Crippen LogP) is 1.11. The molecule has 0 radical (unpaired) electrons. The van der Waals surface area contributed by atoms with E-state index in [9.17, 15) is 8.42 Å². The highest BCUT2D eigenvalue weighted by atomic mass is 79.9. The average molecular weight is 280 g/mol. The highest BCUT2D eigenvalue weighted by Crippen LogP contribution is 2.10. The Morgan fingerprint density at radius 1 is 1.50 bits per heavy atom. The van der Waals surface area contributed by atoms with Gasteiger partial charge in [-0.1, -0.05) is 13.0 Å². The van der Waals surface area contributed by atoms with Crippen LogP contribution in [0.5, 0.6) is 0 Å². The number of halogens is 1. The first-order chi connectivity index (χ1) is 6.53. The molecule has 1 rings (SSSR count). The number of hydrogen-bond donors (Lipinski definition) is 2. The number of nitrogens with zero attached hydrogens (tertiary/aromatic N) is 1. The molecule has 0 aliphatic rings. The third-order valence-corrected chi connectivity index (χ3v) is 2.88. The van der Waals surface area contributed by atoms with Crippen molar-refractivity contribution in [3.8, 4) is 0 Å². The smallest absolute Gasteiger partial charge is 0.255 e. The molecule has 1 heterocycles. The van der Waals surface area contributed by atoms with E-state index < -0.39 is 10.2 Å². The fourth-order valence-corrected chi connectivity index (χ4v) is 2.01. The zero-order valence-corrected chi connectivity index (χ0v) is 9.89. The number of aromatic nitrogens is 1. The molecule has 0 aliphatic heterocycles. The lowest BCUT2D eigenvalue weighted by atomic mass is 10.5. The predicted molar refractivity (Wildman–Crippen MR) is 58.2 cm³/mol. The molecule has 0 amide bonds. The van der Waals surface area contributed by atoms with Crippen LogP contribution in [-0.2, 0) is 10.2 Å². The Kier molecular flexibility index (Phi) is 3.85. The molecule has 2 N–H and O–H groups in total. The summed E-state index contributed by atoms with van der Waals surface area (Å²) in [6, 6.07) is 4.98. The monoisotopic (exact) mass is 279 g/mol. The Hall–Kier alpha value is -0.660. The van der Waals surface area contributed by atoms with Crippen molar-refractivity contribution in [3.05, 3.63) is 22.8 Å². The Labute approximate surface area is 91.2 Å². The molecular formula is C7H10BrN3O2S. The number of nitrogens with one attached hydrogen (secondary N) is 2. The van der Waals surface area contributed by atoms with Crippen LogP contribution in [0.15, 0.2) is 22.8 Å². The quantitative estimate of drug-likeness (QED) is 0.812. The van der Waals surface area contributed by atoms with Crippen molar-refractivity contribution in [1.82, 2.24) is 9.71 Å². The lowest BCUT2D eigenvalue weighted by molar-refractivity contribution is 0.589. The molecule has 0 saturated heterocycles. The average Bonchev–Trinajstić information content (AvgIpc) is 2.02. The van der Waals surface area contributed by atoms with Crippen molar-refractivity contribution in [1.29, 1.82) is 0 Å². The highest BCUT2D eigenvalue weighted by molar-refractivity contribution is 9.10. The minimum atomic E-state index is -3.48. The summed E-state index contributed by atoms with van der Waals surface area (Å²) in [5.41, 5.74) is 0. The number of rotatable bonds is 4. The molecule has 14 heavy (non-hydrogen) atoms. The first kappa shape index (κ1) is 11.4. The van der Waals surface area contributed by atoms with E-state index in [4.69, 9.17) is 0 Å². The maximum atomic E-state index is 11.2. The molecule has 0 unspecified atom stereocenters. The molecule has 0 spiro atoms. The molecule has 5 nitrogen and oxygen atoms in total. The van der Waals surface area contributed by atoms with Crippen molar-refractivity contribution in [2.75, 3.05) is 11.3 Å². The van der Waals surface area contributed by atoms with Crippen LogP contribution < -0.4 is 9.44 Å². The zero-order valence-electron chi connectivity index (χ0n) is 7.49. The topological polar surface area (TPSA) is 71.1 Å². The maximum absolute atomic E-state index is 11.2. The van der Waals surface area contributed by atoms with E-state index in [0.29, 0.717) is 11.1 Å². The van der Waals surface area contributed by atoms with Gasteiger partial charge >= 0.3 is 0 Å². The van der Waals surface area contributed by atoms with Crippen molar-refractivity contribution in [2.24, 2.45) is 0 Å². The molecule has 7 heteroatoms. The molecule has 0 saturated carbocycles. The van der Waals surface area contributed by atoms with Crippen LogP contribution in [0.4, 0.5) is 5.82 Å². The molecule has 1 aromatic rings. The van der Waals surface area contributed by atoms with Crippen molar-refractivity contribution in [2.45, 2.75) is 6.92 Å².